The number of fused-ring (bicyclic) bond motifs is 3. The average Bonchev–Trinajstić information content (AvgIpc) is 1.59. The van der Waals surface area contributed by atoms with Crippen LogP contribution in [0.4, 0.5) is 0 Å². The van der Waals surface area contributed by atoms with Gasteiger partial charge < -0.3 is 24.6 Å². The molecule has 4 aromatic carbocycles. The van der Waals surface area contributed by atoms with Gasteiger partial charge in [0.2, 0.25) is 51.8 Å². The third-order valence-electron chi connectivity index (χ3n) is 21.4. The molecule has 0 spiro atoms. The van der Waals surface area contributed by atoms with Crippen molar-refractivity contribution in [3.05, 3.63) is 184 Å². The summed E-state index contributed by atoms with van der Waals surface area (Å²) in [6.45, 7) is 48.1. The number of benzene rings is 4. The molecule has 0 amide bonds. The SMILES string of the molecule is CCN(CC)CCNS(=O)(=O)c1c(C)cc(C)c(C2=C3C=CC(=N3)C(c3c(C)cc(C)c(S(=O)(=O)NCCN(CC)CC)c3C)=c3ccc([nH]3)=C(c3c(C)cc(C)c(S(=O)(=O)NCCN(CC)CC)c3C)c3ccc4c(-c5c(C)cc(C)c(S(=O)(=O)NCCN(CC)CC)c5C)c5ccc2n5s[n+]3-4)c1C. The Morgan fingerprint density at radius 2 is 0.743 bits per heavy atom. The fraction of sp³-hybridized carbons (Fsp3) is 0.450. The third kappa shape index (κ3) is 15.6. The molecule has 566 valence electrons. The third-order valence-corrected chi connectivity index (χ3v) is 29.5. The molecule has 6 heterocycles. The van der Waals surface area contributed by atoms with Crippen LogP contribution in [-0.2, 0) is 40.1 Å². The van der Waals surface area contributed by atoms with Crippen molar-refractivity contribution in [3.8, 4) is 16.8 Å². The quantitative estimate of drug-likeness (QED) is 0.0248. The number of nitrogens with zero attached hydrogens (tertiary/aromatic N) is 7. The second-order valence-corrected chi connectivity index (χ2v) is 35.6. The molecule has 25 heteroatoms. The van der Waals surface area contributed by atoms with Crippen LogP contribution in [0.15, 0.2) is 103 Å². The summed E-state index contributed by atoms with van der Waals surface area (Å²) in [5.41, 5.74) is 16.5. The van der Waals surface area contributed by atoms with Gasteiger partial charge in [-0.2, -0.15) is 0 Å². The lowest BCUT2D eigenvalue weighted by molar-refractivity contribution is -0.521. The molecule has 20 nitrogen and oxygen atoms in total. The Kier molecular flexibility index (Phi) is 25.0. The Labute approximate surface area is 629 Å². The molecule has 2 aromatic heterocycles. The highest BCUT2D eigenvalue weighted by Crippen LogP contribution is 2.46. The van der Waals surface area contributed by atoms with Crippen LogP contribution in [0.1, 0.15) is 150 Å². The predicted molar refractivity (Wildman–Crippen MR) is 428 cm³/mol. The Morgan fingerprint density at radius 1 is 0.400 bits per heavy atom. The van der Waals surface area contributed by atoms with E-state index in [2.05, 4.69) is 113 Å². The van der Waals surface area contributed by atoms with E-state index in [0.29, 0.717) is 143 Å². The van der Waals surface area contributed by atoms with Crippen molar-refractivity contribution in [3.63, 3.8) is 0 Å². The topological polar surface area (TPSA) is 234 Å². The van der Waals surface area contributed by atoms with E-state index in [9.17, 15) is 0 Å². The van der Waals surface area contributed by atoms with Crippen molar-refractivity contribution in [2.45, 2.75) is 158 Å². The lowest BCUT2D eigenvalue weighted by Gasteiger charge is -2.22. The van der Waals surface area contributed by atoms with Gasteiger partial charge in [-0.1, -0.05) is 79.7 Å². The van der Waals surface area contributed by atoms with Crippen LogP contribution < -0.4 is 33.5 Å². The first-order valence-corrected chi connectivity index (χ1v) is 43.7. The molecule has 4 aliphatic heterocycles. The second-order valence-electron chi connectivity index (χ2n) is 27.9. The van der Waals surface area contributed by atoms with Gasteiger partial charge in [0.25, 0.3) is 0 Å². The van der Waals surface area contributed by atoms with E-state index in [4.69, 9.17) is 4.99 Å². The van der Waals surface area contributed by atoms with Crippen molar-refractivity contribution < 1.29 is 37.6 Å². The zero-order valence-electron chi connectivity index (χ0n) is 65.2. The van der Waals surface area contributed by atoms with E-state index >= 15 is 33.7 Å². The lowest BCUT2D eigenvalue weighted by Crippen LogP contribution is -2.36. The molecule has 4 aliphatic rings. The minimum Gasteiger partial charge on any atom is -0.354 e. The van der Waals surface area contributed by atoms with Crippen LogP contribution in [0.25, 0.3) is 39.1 Å². The molecular weight excluding hydrogens is 1420 g/mol. The van der Waals surface area contributed by atoms with Gasteiger partial charge in [0.05, 0.1) is 53.0 Å². The maximum atomic E-state index is 15.2. The average molecular weight is 1530 g/mol. The maximum absolute atomic E-state index is 15.2. The first kappa shape index (κ1) is 80.7. The monoisotopic (exact) mass is 1530 g/mol. The first-order chi connectivity index (χ1) is 49.7. The molecule has 10 rings (SSSR count). The molecule has 0 saturated carbocycles. The van der Waals surface area contributed by atoms with Gasteiger partial charge in [-0.05, 0) is 273 Å². The first-order valence-electron chi connectivity index (χ1n) is 37.0. The van der Waals surface area contributed by atoms with Crippen molar-refractivity contribution in [1.29, 1.82) is 0 Å². The second kappa shape index (κ2) is 32.6. The molecule has 0 aliphatic carbocycles. The van der Waals surface area contributed by atoms with Crippen LogP contribution in [0, 0.1) is 83.1 Å². The van der Waals surface area contributed by atoms with Crippen LogP contribution in [-0.4, -0.2) is 172 Å². The minimum atomic E-state index is -4.17. The van der Waals surface area contributed by atoms with Gasteiger partial charge in [-0.3, -0.25) is 0 Å². The van der Waals surface area contributed by atoms with Crippen LogP contribution >= 0.6 is 11.7 Å². The van der Waals surface area contributed by atoms with Crippen molar-refractivity contribution in [2.24, 2.45) is 4.99 Å². The Balaban J connectivity index is 1.40. The zero-order valence-corrected chi connectivity index (χ0v) is 69.3. The van der Waals surface area contributed by atoms with Gasteiger partial charge in [-0.15, -0.1) is 7.75 Å². The smallest absolute Gasteiger partial charge is 0.242 e. The number of hydrogen-bond donors (Lipinski definition) is 5. The normalized spacial score (nSPS) is 13.9. The molecule has 6 aromatic rings. The molecule has 5 N–H and O–H groups in total. The van der Waals surface area contributed by atoms with Crippen LogP contribution in [0.2, 0.25) is 0 Å². The molecular formula is C80H109N12O8S5+. The molecule has 0 fully saturated rings. The lowest BCUT2D eigenvalue weighted by atomic mass is 9.90. The number of rotatable bonds is 32. The highest BCUT2D eigenvalue weighted by atomic mass is 32.2. The van der Waals surface area contributed by atoms with Crippen molar-refractivity contribution >= 4 is 79.8 Å². The number of allylic oxidation sites excluding steroid dienone is 2. The Bertz CT molecular complexity index is 5380. The number of H-pyrrole nitrogens is 1. The highest BCUT2D eigenvalue weighted by Gasteiger charge is 2.38. The number of sulfonamides is 4. The Morgan fingerprint density at radius 3 is 1.12 bits per heavy atom. The summed E-state index contributed by atoms with van der Waals surface area (Å²) in [7, 11) is -16.6. The predicted octanol–water partition coefficient (Wildman–Crippen LogP) is 10.1. The number of nitrogens with one attached hydrogen (secondary N) is 5. The molecule has 0 atom stereocenters. The number of hydrogen-bond acceptors (Lipinski definition) is 14. The molecule has 0 saturated heterocycles. The Hall–Kier alpha value is -6.82. The van der Waals surface area contributed by atoms with E-state index in [-0.39, 0.29) is 45.8 Å². The number of aromatic nitrogens is 3. The number of likely N-dealkylation sites (N-methyl/N-ethyl adjacent to an activating group) is 4. The summed E-state index contributed by atoms with van der Waals surface area (Å²) >= 11 is 1.40. The van der Waals surface area contributed by atoms with E-state index in [1.165, 1.54) is 11.7 Å². The summed E-state index contributed by atoms with van der Waals surface area (Å²) in [5.74, 6) is 0. The summed E-state index contributed by atoms with van der Waals surface area (Å²) in [6, 6.07) is 19.9. The van der Waals surface area contributed by atoms with Gasteiger partial charge in [-0.25, -0.2) is 57.6 Å². The van der Waals surface area contributed by atoms with Gasteiger partial charge in [0, 0.05) is 63.3 Å². The van der Waals surface area contributed by atoms with Gasteiger partial charge >= 0.3 is 0 Å². The fourth-order valence-electron chi connectivity index (χ4n) is 16.4. The van der Waals surface area contributed by atoms with E-state index < -0.39 is 40.1 Å². The molecule has 6 bridgehead atoms. The zero-order chi connectivity index (χ0) is 76.7. The number of aliphatic imine (C=N–C) groups is 1. The number of aryl methyl sites for hydroxylation is 8. The summed E-state index contributed by atoms with van der Waals surface area (Å²) in [5, 5.41) is 1.19. The van der Waals surface area contributed by atoms with Crippen LogP contribution in [0.5, 0.6) is 0 Å². The van der Waals surface area contributed by atoms with Crippen LogP contribution in [0.3, 0.4) is 0 Å². The van der Waals surface area contributed by atoms with E-state index in [0.717, 1.165) is 91.4 Å². The largest absolute Gasteiger partial charge is 0.354 e. The molecule has 0 radical (unpaired) electrons. The van der Waals surface area contributed by atoms with Crippen molar-refractivity contribution in [1.82, 2.24) is 47.3 Å². The van der Waals surface area contributed by atoms with E-state index in [1.807, 2.05) is 150 Å². The number of aromatic amines is 1. The molecule has 105 heavy (non-hydrogen) atoms. The summed E-state index contributed by atoms with van der Waals surface area (Å²) in [6.07, 6.45) is 3.89. The van der Waals surface area contributed by atoms with Gasteiger partial charge in [0.15, 0.2) is 22.6 Å². The van der Waals surface area contributed by atoms with Gasteiger partial charge in [0.1, 0.15) is 0 Å². The molecule has 0 unspecified atom stereocenters. The van der Waals surface area contributed by atoms with Crippen molar-refractivity contribution in [2.75, 3.05) is 105 Å². The van der Waals surface area contributed by atoms with E-state index in [1.54, 1.807) is 0 Å². The summed E-state index contributed by atoms with van der Waals surface area (Å²) in [4.78, 5) is 19.0. The standard InChI is InChI=1S/C80H108N12O8S5/c1-21-87(22-2)41-37-81-102(93,94)77-53(13)45-49(9)69(57(77)17)73-61-29-31-63(85-61)74(70-50(10)46-54(14)78(58(70)18)103(95,96)82-38-42-88(23-3)24-4)65-33-35-67-76(72-52(12)48-56(16)80(60(72)20)105(99,100)84-40-44-90(27-7)28-8)68-36-34-66(92(68)101-91(65)67)75(64-32-30-62(73)86-64)71-51(11)47-55(15)79(59(71)19)104(97,98)83-39-43-89(25-5)26-6/h29-36,45-48,81-84H,21-28,37-44H2,1-20H3/p+1. The maximum Gasteiger partial charge on any atom is 0.242 e. The highest BCUT2D eigenvalue weighted by molar-refractivity contribution is 7.90. The minimum absolute atomic E-state index is 0.145. The summed E-state index contributed by atoms with van der Waals surface area (Å²) < 4.78 is 137. The fourth-order valence-corrected chi connectivity index (χ4v) is 23.5.